The van der Waals surface area contributed by atoms with Crippen molar-refractivity contribution in [1.29, 1.82) is 0 Å². The van der Waals surface area contributed by atoms with Crippen molar-refractivity contribution in [2.24, 2.45) is 10.3 Å². The fourth-order valence-corrected chi connectivity index (χ4v) is 3.29. The lowest BCUT2D eigenvalue weighted by Crippen LogP contribution is -2.39. The van der Waals surface area contributed by atoms with Crippen LogP contribution >= 0.6 is 11.6 Å². The summed E-state index contributed by atoms with van der Waals surface area (Å²) >= 11 is 5.99. The molecule has 0 aromatic heterocycles. The smallest absolute Gasteiger partial charge is 0.263 e. The van der Waals surface area contributed by atoms with Gasteiger partial charge in [0.1, 0.15) is 5.75 Å². The summed E-state index contributed by atoms with van der Waals surface area (Å²) in [5.41, 5.74) is 1.10. The molecule has 2 aromatic rings. The summed E-state index contributed by atoms with van der Waals surface area (Å²) in [5.74, 6) is -0.0566. The summed E-state index contributed by atoms with van der Waals surface area (Å²) in [5, 5.41) is 9.98. The van der Waals surface area contributed by atoms with E-state index in [2.05, 4.69) is 10.3 Å². The molecule has 132 valence electrons. The Morgan fingerprint density at radius 2 is 1.85 bits per heavy atom. The molecule has 2 aliphatic rings. The first-order chi connectivity index (χ1) is 12.6. The summed E-state index contributed by atoms with van der Waals surface area (Å²) in [6.45, 7) is 2.47. The van der Waals surface area contributed by atoms with E-state index >= 15 is 0 Å². The average Bonchev–Trinajstić information content (AvgIpc) is 3.17. The average molecular weight is 371 g/mol. The van der Waals surface area contributed by atoms with Crippen LogP contribution in [0, 0.1) is 0 Å². The van der Waals surface area contributed by atoms with Gasteiger partial charge < -0.3 is 4.74 Å². The number of rotatable bonds is 4. The fourth-order valence-electron chi connectivity index (χ4n) is 3.10. The molecule has 2 aliphatic heterocycles. The van der Waals surface area contributed by atoms with E-state index in [9.17, 15) is 9.59 Å². The predicted molar refractivity (Wildman–Crippen MR) is 96.5 cm³/mol. The third-order valence-electron chi connectivity index (χ3n) is 4.26. The molecular weight excluding hydrogens is 356 g/mol. The molecule has 0 bridgehead atoms. The molecule has 26 heavy (non-hydrogen) atoms. The van der Waals surface area contributed by atoms with Gasteiger partial charge in [-0.1, -0.05) is 22.9 Å². The zero-order valence-electron chi connectivity index (χ0n) is 13.9. The largest absolute Gasteiger partial charge is 0.494 e. The van der Waals surface area contributed by atoms with Gasteiger partial charge in [-0.15, -0.1) is 0 Å². The molecule has 2 amide bonds. The number of anilines is 2. The Labute approximate surface area is 154 Å². The van der Waals surface area contributed by atoms with Crippen LogP contribution in [0.5, 0.6) is 5.75 Å². The van der Waals surface area contributed by atoms with Crippen molar-refractivity contribution < 1.29 is 14.3 Å². The highest BCUT2D eigenvalue weighted by Gasteiger charge is 2.55. The van der Waals surface area contributed by atoms with Crippen LogP contribution in [0.3, 0.4) is 0 Å². The summed E-state index contributed by atoms with van der Waals surface area (Å²) < 4.78 is 5.42. The van der Waals surface area contributed by atoms with Crippen molar-refractivity contribution >= 4 is 34.8 Å². The van der Waals surface area contributed by atoms with Crippen molar-refractivity contribution in [3.05, 3.63) is 53.6 Å². The Bertz CT molecular complexity index is 900. The number of benzene rings is 2. The number of ether oxygens (including phenoxy) is 1. The Kier molecular flexibility index (Phi) is 4.08. The minimum atomic E-state index is -0.854. The van der Waals surface area contributed by atoms with Crippen LogP contribution in [0.4, 0.5) is 11.4 Å². The van der Waals surface area contributed by atoms with Crippen molar-refractivity contribution in [3.8, 4) is 5.75 Å². The van der Waals surface area contributed by atoms with Crippen LogP contribution in [0.1, 0.15) is 6.92 Å². The highest BCUT2D eigenvalue weighted by Crippen LogP contribution is 2.35. The summed E-state index contributed by atoms with van der Waals surface area (Å²) in [6, 6.07) is 12.1. The van der Waals surface area contributed by atoms with Crippen LogP contribution < -0.4 is 14.6 Å². The highest BCUT2D eigenvalue weighted by atomic mass is 35.5. The molecule has 1 saturated heterocycles. The third-order valence-corrected chi connectivity index (χ3v) is 4.50. The maximum absolute atomic E-state index is 12.9. The van der Waals surface area contributed by atoms with Gasteiger partial charge >= 0.3 is 0 Å². The van der Waals surface area contributed by atoms with Crippen LogP contribution in [-0.4, -0.2) is 30.5 Å². The number of halogens is 1. The summed E-state index contributed by atoms with van der Waals surface area (Å²) in [7, 11) is 0. The van der Waals surface area contributed by atoms with Gasteiger partial charge in [0.25, 0.3) is 11.8 Å². The van der Waals surface area contributed by atoms with Crippen LogP contribution in [-0.2, 0) is 9.59 Å². The second-order valence-corrected chi connectivity index (χ2v) is 6.29. The first-order valence-corrected chi connectivity index (χ1v) is 8.54. The molecule has 7 nitrogen and oxygen atoms in total. The Hall–Kier alpha value is -2.93. The van der Waals surface area contributed by atoms with Gasteiger partial charge in [0.15, 0.2) is 12.1 Å². The number of amides is 2. The Morgan fingerprint density at radius 1 is 1.08 bits per heavy atom. The van der Waals surface area contributed by atoms with Crippen molar-refractivity contribution in [2.45, 2.75) is 19.0 Å². The number of nitrogens with zero attached hydrogens (tertiary/aromatic N) is 4. The van der Waals surface area contributed by atoms with Crippen LogP contribution in [0.25, 0.3) is 0 Å². The first kappa shape index (κ1) is 16.5. The molecule has 0 spiro atoms. The van der Waals surface area contributed by atoms with E-state index in [-0.39, 0.29) is 5.91 Å². The van der Waals surface area contributed by atoms with Gasteiger partial charge in [-0.05, 0) is 49.4 Å². The zero-order valence-corrected chi connectivity index (χ0v) is 14.6. The molecule has 0 saturated carbocycles. The number of carbonyl (C=O) groups is 2. The van der Waals surface area contributed by atoms with Gasteiger partial charge in [0, 0.05) is 5.02 Å². The molecular formula is C18H15ClN4O3. The molecule has 8 heteroatoms. The number of imide groups is 1. The maximum atomic E-state index is 12.9. The number of hydrogen-bond acceptors (Lipinski definition) is 6. The lowest BCUT2D eigenvalue weighted by molar-refractivity contribution is -0.121. The molecule has 2 aromatic carbocycles. The van der Waals surface area contributed by atoms with Crippen LogP contribution in [0.15, 0.2) is 58.9 Å². The number of hydrogen-bond donors (Lipinski definition) is 0. The van der Waals surface area contributed by atoms with E-state index in [0.717, 1.165) is 10.6 Å². The molecule has 2 atom stereocenters. The topological polar surface area (TPSA) is 74.6 Å². The Balaban J connectivity index is 1.64. The van der Waals surface area contributed by atoms with Crippen molar-refractivity contribution in [3.63, 3.8) is 0 Å². The van der Waals surface area contributed by atoms with E-state index in [4.69, 9.17) is 16.3 Å². The van der Waals surface area contributed by atoms with E-state index in [1.807, 2.05) is 6.92 Å². The molecule has 0 radical (unpaired) electrons. The summed E-state index contributed by atoms with van der Waals surface area (Å²) in [4.78, 5) is 26.8. The van der Waals surface area contributed by atoms with Gasteiger partial charge in [0.05, 0.1) is 18.0 Å². The highest BCUT2D eigenvalue weighted by molar-refractivity contribution is 6.31. The van der Waals surface area contributed by atoms with E-state index in [1.54, 1.807) is 48.5 Å². The molecule has 4 rings (SSSR count). The van der Waals surface area contributed by atoms with Gasteiger partial charge in [-0.3, -0.25) is 9.59 Å². The normalized spacial score (nSPS) is 21.5. The lowest BCUT2D eigenvalue weighted by atomic mass is 10.1. The van der Waals surface area contributed by atoms with Crippen molar-refractivity contribution in [2.75, 3.05) is 16.5 Å². The minimum Gasteiger partial charge on any atom is -0.494 e. The van der Waals surface area contributed by atoms with Gasteiger partial charge in [-0.25, -0.2) is 9.91 Å². The number of carbonyl (C=O) groups excluding carboxylic acids is 2. The monoisotopic (exact) mass is 370 g/mol. The lowest BCUT2D eigenvalue weighted by Gasteiger charge is -2.20. The second-order valence-electron chi connectivity index (χ2n) is 5.86. The maximum Gasteiger partial charge on any atom is 0.263 e. The van der Waals surface area contributed by atoms with E-state index in [0.29, 0.717) is 23.0 Å². The number of fused-ring (bicyclic) bond motifs is 1. The molecule has 2 heterocycles. The van der Waals surface area contributed by atoms with Gasteiger partial charge in [0.2, 0.25) is 0 Å². The fraction of sp³-hybridized carbons (Fsp3) is 0.222. The molecule has 0 aliphatic carbocycles. The Morgan fingerprint density at radius 3 is 2.54 bits per heavy atom. The SMILES string of the molecule is CCOc1ccc(N2N=N[C@@H]3C(=O)N(c4cccc(Cl)c4)C(=O)[C@@H]32)cc1. The van der Waals surface area contributed by atoms with E-state index in [1.165, 1.54) is 5.01 Å². The minimum absolute atomic E-state index is 0.374. The second kappa shape index (κ2) is 6.42. The van der Waals surface area contributed by atoms with Crippen LogP contribution in [0.2, 0.25) is 5.02 Å². The first-order valence-electron chi connectivity index (χ1n) is 8.16. The van der Waals surface area contributed by atoms with Gasteiger partial charge in [-0.2, -0.15) is 5.11 Å². The summed E-state index contributed by atoms with van der Waals surface area (Å²) in [6.07, 6.45) is 0. The zero-order chi connectivity index (χ0) is 18.3. The molecule has 1 fully saturated rings. The van der Waals surface area contributed by atoms with Crippen molar-refractivity contribution in [1.82, 2.24) is 0 Å². The predicted octanol–water partition coefficient (Wildman–Crippen LogP) is 3.24. The molecule has 0 unspecified atom stereocenters. The quantitative estimate of drug-likeness (QED) is 0.774. The third kappa shape index (κ3) is 2.61. The standard InChI is InChI=1S/C18H15ClN4O3/c1-2-26-14-8-6-12(7-9-14)23-16-15(20-21-23)17(24)22(18(16)25)13-5-3-4-11(19)10-13/h3-10,15-16H,2H2,1H3/t15-,16+/m0/s1. The van der Waals surface area contributed by atoms with E-state index < -0.39 is 18.0 Å². The molecule has 0 N–H and O–H groups in total.